The van der Waals surface area contributed by atoms with E-state index in [1.54, 1.807) is 11.8 Å². The van der Waals surface area contributed by atoms with Gasteiger partial charge < -0.3 is 0 Å². The van der Waals surface area contributed by atoms with Crippen LogP contribution in [-0.4, -0.2) is 11.0 Å². The molecule has 0 saturated heterocycles. The molecule has 0 N–H and O–H groups in total. The maximum absolute atomic E-state index is 13.3. The molecular formula is C19H26OS. The van der Waals surface area contributed by atoms with Crippen LogP contribution in [0.5, 0.6) is 0 Å². The number of hydrogen-bond donors (Lipinski definition) is 0. The fourth-order valence-corrected chi connectivity index (χ4v) is 5.70. The second-order valence-electron chi connectivity index (χ2n) is 7.61. The van der Waals surface area contributed by atoms with Crippen LogP contribution in [-0.2, 0) is 4.79 Å². The van der Waals surface area contributed by atoms with Crippen LogP contribution in [0, 0.1) is 16.7 Å². The molecular weight excluding hydrogens is 276 g/mol. The summed E-state index contributed by atoms with van der Waals surface area (Å²) in [5.41, 5.74) is 0.319. The molecule has 0 heterocycles. The highest BCUT2D eigenvalue weighted by molar-refractivity contribution is 8.00. The molecule has 1 aromatic carbocycles. The molecule has 1 aromatic rings. The molecule has 4 rings (SSSR count). The summed E-state index contributed by atoms with van der Waals surface area (Å²) in [5.74, 6) is 0.999. The summed E-state index contributed by atoms with van der Waals surface area (Å²) in [7, 11) is 0. The maximum Gasteiger partial charge on any atom is 0.152 e. The fourth-order valence-electron chi connectivity index (χ4n) is 4.23. The third kappa shape index (κ3) is 2.67. The number of carbonyl (C=O) groups is 1. The Morgan fingerprint density at radius 3 is 2.29 bits per heavy atom. The number of rotatable bonds is 3. The molecule has 2 heteroatoms. The van der Waals surface area contributed by atoms with E-state index < -0.39 is 0 Å². The van der Waals surface area contributed by atoms with E-state index in [9.17, 15) is 4.79 Å². The molecule has 0 spiro atoms. The first-order valence-electron chi connectivity index (χ1n) is 8.21. The molecule has 3 saturated carbocycles. The van der Waals surface area contributed by atoms with Crippen molar-refractivity contribution in [1.29, 1.82) is 0 Å². The van der Waals surface area contributed by atoms with Gasteiger partial charge in [-0.15, -0.1) is 11.8 Å². The largest absolute Gasteiger partial charge is 0.298 e. The second kappa shape index (κ2) is 5.46. The van der Waals surface area contributed by atoms with Gasteiger partial charge in [-0.1, -0.05) is 39.0 Å². The van der Waals surface area contributed by atoms with Crippen LogP contribution in [0.3, 0.4) is 0 Å². The van der Waals surface area contributed by atoms with E-state index in [1.807, 2.05) is 6.07 Å². The SMILES string of the molecule is CC(C)C12CCC(C)(CC1)CC(Sc1ccccc1)C2=O. The summed E-state index contributed by atoms with van der Waals surface area (Å²) in [5, 5.41) is 0.143. The van der Waals surface area contributed by atoms with Crippen LogP contribution in [0.15, 0.2) is 35.2 Å². The van der Waals surface area contributed by atoms with Gasteiger partial charge >= 0.3 is 0 Å². The van der Waals surface area contributed by atoms with Crippen molar-refractivity contribution in [3.8, 4) is 0 Å². The normalized spacial score (nSPS) is 36.0. The van der Waals surface area contributed by atoms with Gasteiger partial charge in [-0.25, -0.2) is 0 Å². The summed E-state index contributed by atoms with van der Waals surface area (Å²) in [6.07, 6.45) is 5.71. The van der Waals surface area contributed by atoms with Gasteiger partial charge in [0.1, 0.15) is 0 Å². The predicted molar refractivity (Wildman–Crippen MR) is 89.6 cm³/mol. The number of benzene rings is 1. The smallest absolute Gasteiger partial charge is 0.152 e. The van der Waals surface area contributed by atoms with Gasteiger partial charge in [0.15, 0.2) is 5.78 Å². The van der Waals surface area contributed by atoms with Crippen LogP contribution in [0.4, 0.5) is 0 Å². The molecule has 3 aliphatic carbocycles. The third-order valence-corrected chi connectivity index (χ3v) is 7.15. The number of thioether (sulfide) groups is 1. The van der Waals surface area contributed by atoms with Crippen molar-refractivity contribution in [2.45, 2.75) is 63.0 Å². The summed E-state index contributed by atoms with van der Waals surface area (Å²) in [4.78, 5) is 14.5. The van der Waals surface area contributed by atoms with E-state index in [-0.39, 0.29) is 10.7 Å². The molecule has 0 amide bonds. The molecule has 2 bridgehead atoms. The average Bonchev–Trinajstić information content (AvgIpc) is 2.64. The number of Topliss-reactive ketones (excluding diaryl/α,β-unsaturated/α-hetero) is 1. The zero-order valence-corrected chi connectivity index (χ0v) is 14.2. The molecule has 21 heavy (non-hydrogen) atoms. The highest BCUT2D eigenvalue weighted by atomic mass is 32.2. The summed E-state index contributed by atoms with van der Waals surface area (Å²) < 4.78 is 0. The molecule has 3 fully saturated rings. The van der Waals surface area contributed by atoms with Crippen LogP contribution in [0.25, 0.3) is 0 Å². The molecule has 1 unspecified atom stereocenters. The van der Waals surface area contributed by atoms with Gasteiger partial charge in [-0.3, -0.25) is 4.79 Å². The van der Waals surface area contributed by atoms with E-state index in [4.69, 9.17) is 0 Å². The van der Waals surface area contributed by atoms with E-state index >= 15 is 0 Å². The third-order valence-electron chi connectivity index (χ3n) is 5.94. The maximum atomic E-state index is 13.3. The quantitative estimate of drug-likeness (QED) is 0.749. The number of fused-ring (bicyclic) bond motifs is 4. The van der Waals surface area contributed by atoms with Crippen LogP contribution in [0.2, 0.25) is 0 Å². The van der Waals surface area contributed by atoms with Gasteiger partial charge in [-0.2, -0.15) is 0 Å². The van der Waals surface area contributed by atoms with Crippen molar-refractivity contribution in [3.63, 3.8) is 0 Å². The molecule has 114 valence electrons. The molecule has 0 aromatic heterocycles. The Balaban J connectivity index is 1.91. The monoisotopic (exact) mass is 302 g/mol. The van der Waals surface area contributed by atoms with E-state index in [1.165, 1.54) is 17.7 Å². The van der Waals surface area contributed by atoms with Crippen molar-refractivity contribution < 1.29 is 4.79 Å². The first-order valence-corrected chi connectivity index (χ1v) is 9.09. The molecule has 0 radical (unpaired) electrons. The lowest BCUT2D eigenvalue weighted by atomic mass is 9.61. The number of ketones is 1. The van der Waals surface area contributed by atoms with Gasteiger partial charge in [0.05, 0.1) is 5.25 Å². The van der Waals surface area contributed by atoms with Crippen LogP contribution in [0.1, 0.15) is 52.9 Å². The summed E-state index contributed by atoms with van der Waals surface area (Å²) in [6, 6.07) is 10.4. The molecule has 3 aliphatic rings. The Morgan fingerprint density at radius 1 is 1.10 bits per heavy atom. The zero-order valence-electron chi connectivity index (χ0n) is 13.4. The molecule has 0 aliphatic heterocycles. The Hall–Kier alpha value is -0.760. The van der Waals surface area contributed by atoms with E-state index in [0.717, 1.165) is 19.3 Å². The molecule has 1 atom stereocenters. The Bertz CT molecular complexity index is 512. The van der Waals surface area contributed by atoms with Gasteiger partial charge in [0.25, 0.3) is 0 Å². The summed E-state index contributed by atoms with van der Waals surface area (Å²) in [6.45, 7) is 6.89. The van der Waals surface area contributed by atoms with E-state index in [0.29, 0.717) is 17.1 Å². The van der Waals surface area contributed by atoms with Crippen LogP contribution < -0.4 is 0 Å². The van der Waals surface area contributed by atoms with Gasteiger partial charge in [0, 0.05) is 10.3 Å². The minimum absolute atomic E-state index is 0.0531. The molecule has 1 nitrogen and oxygen atoms in total. The van der Waals surface area contributed by atoms with Crippen molar-refractivity contribution in [1.82, 2.24) is 0 Å². The average molecular weight is 302 g/mol. The van der Waals surface area contributed by atoms with Crippen molar-refractivity contribution in [3.05, 3.63) is 30.3 Å². The van der Waals surface area contributed by atoms with Crippen molar-refractivity contribution >= 4 is 17.5 Å². The lowest BCUT2D eigenvalue weighted by Gasteiger charge is -2.42. The second-order valence-corrected chi connectivity index (χ2v) is 8.89. The van der Waals surface area contributed by atoms with E-state index in [2.05, 4.69) is 45.0 Å². The summed E-state index contributed by atoms with van der Waals surface area (Å²) >= 11 is 1.80. The van der Waals surface area contributed by atoms with Crippen LogP contribution >= 0.6 is 11.8 Å². The first-order chi connectivity index (χ1) is 9.95. The van der Waals surface area contributed by atoms with Gasteiger partial charge in [-0.05, 0) is 55.6 Å². The van der Waals surface area contributed by atoms with Gasteiger partial charge in [0.2, 0.25) is 0 Å². The fraction of sp³-hybridized carbons (Fsp3) is 0.632. The van der Waals surface area contributed by atoms with Crippen molar-refractivity contribution in [2.75, 3.05) is 0 Å². The Morgan fingerprint density at radius 2 is 1.71 bits per heavy atom. The lowest BCUT2D eigenvalue weighted by Crippen LogP contribution is -2.41. The highest BCUT2D eigenvalue weighted by Crippen LogP contribution is 2.57. The van der Waals surface area contributed by atoms with Crippen molar-refractivity contribution in [2.24, 2.45) is 16.7 Å². The number of hydrogen-bond acceptors (Lipinski definition) is 2. The standard InChI is InChI=1S/C19H26OS/c1-14(2)19-11-9-18(3,10-12-19)13-16(17(19)20)21-15-7-5-4-6-8-15/h4-8,14,16H,9-13H2,1-3H3. The highest BCUT2D eigenvalue weighted by Gasteiger charge is 2.53. The Kier molecular flexibility index (Phi) is 3.94. The lowest BCUT2D eigenvalue weighted by molar-refractivity contribution is -0.131. The minimum Gasteiger partial charge on any atom is -0.298 e. The topological polar surface area (TPSA) is 17.1 Å². The number of carbonyl (C=O) groups excluding carboxylic acids is 1. The minimum atomic E-state index is -0.0531. The first kappa shape index (κ1) is 15.1. The predicted octanol–water partition coefficient (Wildman–Crippen LogP) is 5.34. The Labute approximate surface area is 132 Å². The zero-order chi connectivity index (χ0) is 15.1.